The van der Waals surface area contributed by atoms with E-state index in [0.717, 1.165) is 12.2 Å². The van der Waals surface area contributed by atoms with Crippen molar-refractivity contribution in [2.75, 3.05) is 0 Å². The molecule has 1 N–H and O–H groups in total. The maximum Gasteiger partial charge on any atom is 0.253 e. The minimum atomic E-state index is -0.0270. The first-order valence-electron chi connectivity index (χ1n) is 8.70. The second kappa shape index (κ2) is 6.75. The molecule has 24 heavy (non-hydrogen) atoms. The Bertz CT molecular complexity index is 670. The van der Waals surface area contributed by atoms with Crippen LogP contribution in [-0.2, 0) is 0 Å². The third-order valence-electron chi connectivity index (χ3n) is 4.97. The molecule has 2 atom stereocenters. The number of amides is 1. The number of rotatable bonds is 3. The van der Waals surface area contributed by atoms with E-state index in [1.165, 1.54) is 19.3 Å². The van der Waals surface area contributed by atoms with Crippen molar-refractivity contribution in [2.24, 2.45) is 11.3 Å². The fourth-order valence-electron chi connectivity index (χ4n) is 3.66. The summed E-state index contributed by atoms with van der Waals surface area (Å²) in [6.07, 6.45) is 11.6. The predicted molar refractivity (Wildman–Crippen MR) is 94.0 cm³/mol. The molecule has 2 aromatic heterocycles. The average molecular weight is 326 g/mol. The maximum atomic E-state index is 12.6. The lowest BCUT2D eigenvalue weighted by Crippen LogP contribution is -2.46. The Morgan fingerprint density at radius 1 is 1.25 bits per heavy atom. The van der Waals surface area contributed by atoms with Gasteiger partial charge in [0.15, 0.2) is 0 Å². The van der Waals surface area contributed by atoms with Gasteiger partial charge < -0.3 is 5.32 Å². The standard InChI is InChI=1S/C19H26N4O/c1-19(2,3)15-6-4-5-7-16(15)22-18(24)14-8-9-17(21-12-14)23-11-10-20-13-23/h8-13,15-16H,4-7H2,1-3H3,(H,22,24)/t15-,16+/m1/s1. The van der Waals surface area contributed by atoms with E-state index in [9.17, 15) is 4.79 Å². The SMILES string of the molecule is CC(C)(C)[C@@H]1CCCC[C@@H]1NC(=O)c1ccc(-n2ccnc2)nc1. The number of carbonyl (C=O) groups excluding carboxylic acids is 1. The van der Waals surface area contributed by atoms with Crippen LogP contribution in [0.4, 0.5) is 0 Å². The van der Waals surface area contributed by atoms with Crippen molar-refractivity contribution >= 4 is 5.91 Å². The Morgan fingerprint density at radius 2 is 2.04 bits per heavy atom. The Kier molecular flexibility index (Phi) is 4.69. The largest absolute Gasteiger partial charge is 0.349 e. The molecule has 0 aliphatic heterocycles. The summed E-state index contributed by atoms with van der Waals surface area (Å²) in [4.78, 5) is 21.0. The molecule has 2 aromatic rings. The van der Waals surface area contributed by atoms with Crippen LogP contribution in [0.15, 0.2) is 37.1 Å². The molecular weight excluding hydrogens is 300 g/mol. The summed E-state index contributed by atoms with van der Waals surface area (Å²) in [6, 6.07) is 3.92. The van der Waals surface area contributed by atoms with E-state index in [4.69, 9.17) is 0 Å². The van der Waals surface area contributed by atoms with Crippen molar-refractivity contribution in [3.8, 4) is 5.82 Å². The van der Waals surface area contributed by atoms with Gasteiger partial charge in [0.2, 0.25) is 0 Å². The van der Waals surface area contributed by atoms with Gasteiger partial charge in [-0.1, -0.05) is 33.6 Å². The highest BCUT2D eigenvalue weighted by Crippen LogP contribution is 2.38. The third kappa shape index (κ3) is 3.66. The third-order valence-corrected chi connectivity index (χ3v) is 4.97. The zero-order valence-electron chi connectivity index (χ0n) is 14.7. The molecule has 1 fully saturated rings. The normalized spacial score (nSPS) is 21.5. The van der Waals surface area contributed by atoms with Gasteiger partial charge in [-0.15, -0.1) is 0 Å². The summed E-state index contributed by atoms with van der Waals surface area (Å²) in [7, 11) is 0. The minimum absolute atomic E-state index is 0.0270. The van der Waals surface area contributed by atoms with Crippen molar-refractivity contribution in [2.45, 2.75) is 52.5 Å². The van der Waals surface area contributed by atoms with Gasteiger partial charge in [0.05, 0.1) is 5.56 Å². The number of pyridine rings is 1. The van der Waals surface area contributed by atoms with E-state index in [0.29, 0.717) is 11.5 Å². The van der Waals surface area contributed by atoms with Crippen molar-refractivity contribution < 1.29 is 4.79 Å². The van der Waals surface area contributed by atoms with E-state index >= 15 is 0 Å². The number of hydrogen-bond donors (Lipinski definition) is 1. The Balaban J connectivity index is 1.70. The molecule has 1 aliphatic rings. The molecule has 0 radical (unpaired) electrons. The first-order valence-corrected chi connectivity index (χ1v) is 8.70. The van der Waals surface area contributed by atoms with Gasteiger partial charge in [-0.05, 0) is 36.3 Å². The molecule has 0 unspecified atom stereocenters. The Labute approximate surface area is 143 Å². The second-order valence-corrected chi connectivity index (χ2v) is 7.71. The van der Waals surface area contributed by atoms with E-state index in [1.807, 2.05) is 22.9 Å². The van der Waals surface area contributed by atoms with E-state index < -0.39 is 0 Å². The molecule has 5 nitrogen and oxygen atoms in total. The number of nitrogens with zero attached hydrogens (tertiary/aromatic N) is 3. The monoisotopic (exact) mass is 326 g/mol. The molecule has 5 heteroatoms. The lowest BCUT2D eigenvalue weighted by atomic mass is 9.69. The summed E-state index contributed by atoms with van der Waals surface area (Å²) in [5, 5.41) is 3.25. The van der Waals surface area contributed by atoms with Gasteiger partial charge >= 0.3 is 0 Å². The number of imidazole rings is 1. The first kappa shape index (κ1) is 16.7. The number of aromatic nitrogens is 3. The van der Waals surface area contributed by atoms with E-state index in [-0.39, 0.29) is 17.4 Å². The van der Waals surface area contributed by atoms with Crippen LogP contribution in [-0.4, -0.2) is 26.5 Å². The Morgan fingerprint density at radius 3 is 2.67 bits per heavy atom. The van der Waals surface area contributed by atoms with Gasteiger partial charge in [-0.25, -0.2) is 9.97 Å². The molecule has 0 bridgehead atoms. The summed E-state index contributed by atoms with van der Waals surface area (Å²) < 4.78 is 1.82. The van der Waals surface area contributed by atoms with Crippen LogP contribution in [0.25, 0.3) is 5.82 Å². The number of hydrogen-bond acceptors (Lipinski definition) is 3. The van der Waals surface area contributed by atoms with E-state index in [2.05, 4.69) is 36.1 Å². The number of nitrogens with one attached hydrogen (secondary N) is 1. The van der Waals surface area contributed by atoms with Crippen LogP contribution in [0.2, 0.25) is 0 Å². The lowest BCUT2D eigenvalue weighted by Gasteiger charge is -2.40. The van der Waals surface area contributed by atoms with Gasteiger partial charge in [-0.3, -0.25) is 9.36 Å². The van der Waals surface area contributed by atoms with Crippen LogP contribution in [0, 0.1) is 11.3 Å². The fourth-order valence-corrected chi connectivity index (χ4v) is 3.66. The highest BCUT2D eigenvalue weighted by Gasteiger charge is 2.35. The first-order chi connectivity index (χ1) is 11.4. The van der Waals surface area contributed by atoms with Crippen molar-refractivity contribution in [3.05, 3.63) is 42.6 Å². The summed E-state index contributed by atoms with van der Waals surface area (Å²) in [6.45, 7) is 6.80. The molecule has 0 aromatic carbocycles. The minimum Gasteiger partial charge on any atom is -0.349 e. The smallest absolute Gasteiger partial charge is 0.253 e. The quantitative estimate of drug-likeness (QED) is 0.937. The molecule has 0 spiro atoms. The predicted octanol–water partition coefficient (Wildman–Crippen LogP) is 3.60. The van der Waals surface area contributed by atoms with Crippen molar-refractivity contribution in [3.63, 3.8) is 0 Å². The zero-order chi connectivity index (χ0) is 17.2. The van der Waals surface area contributed by atoms with Crippen LogP contribution in [0.3, 0.4) is 0 Å². The van der Waals surface area contributed by atoms with Crippen LogP contribution < -0.4 is 5.32 Å². The van der Waals surface area contributed by atoms with Gasteiger partial charge in [0.1, 0.15) is 12.1 Å². The van der Waals surface area contributed by atoms with Crippen molar-refractivity contribution in [1.82, 2.24) is 19.9 Å². The van der Waals surface area contributed by atoms with Gasteiger partial charge in [0, 0.05) is 24.6 Å². The van der Waals surface area contributed by atoms with Crippen LogP contribution in [0.5, 0.6) is 0 Å². The average Bonchev–Trinajstić information content (AvgIpc) is 3.09. The van der Waals surface area contributed by atoms with E-state index in [1.54, 1.807) is 18.7 Å². The van der Waals surface area contributed by atoms with Crippen LogP contribution in [0.1, 0.15) is 56.8 Å². The highest BCUT2D eigenvalue weighted by atomic mass is 16.1. The van der Waals surface area contributed by atoms with Gasteiger partial charge in [-0.2, -0.15) is 0 Å². The molecule has 128 valence electrons. The lowest BCUT2D eigenvalue weighted by molar-refractivity contribution is 0.0829. The summed E-state index contributed by atoms with van der Waals surface area (Å²) in [5.74, 6) is 1.25. The molecule has 0 saturated heterocycles. The summed E-state index contributed by atoms with van der Waals surface area (Å²) in [5.41, 5.74) is 0.819. The van der Waals surface area contributed by atoms with Crippen LogP contribution >= 0.6 is 0 Å². The molecular formula is C19H26N4O. The molecule has 3 rings (SSSR count). The summed E-state index contributed by atoms with van der Waals surface area (Å²) >= 11 is 0. The topological polar surface area (TPSA) is 59.8 Å². The molecule has 2 heterocycles. The molecule has 1 amide bonds. The Hall–Kier alpha value is -2.17. The van der Waals surface area contributed by atoms with Gasteiger partial charge in [0.25, 0.3) is 5.91 Å². The number of carbonyl (C=O) groups is 1. The van der Waals surface area contributed by atoms with Crippen molar-refractivity contribution in [1.29, 1.82) is 0 Å². The maximum absolute atomic E-state index is 12.6. The molecule has 1 aliphatic carbocycles. The second-order valence-electron chi connectivity index (χ2n) is 7.71. The zero-order valence-corrected chi connectivity index (χ0v) is 14.7. The highest BCUT2D eigenvalue weighted by molar-refractivity contribution is 5.94. The molecule has 1 saturated carbocycles. The fraction of sp³-hybridized carbons (Fsp3) is 0.526.